The highest BCUT2D eigenvalue weighted by Crippen LogP contribution is 2.21. The van der Waals surface area contributed by atoms with E-state index in [0.29, 0.717) is 36.4 Å². The van der Waals surface area contributed by atoms with Gasteiger partial charge in [-0.1, -0.05) is 36.4 Å². The first-order valence-corrected chi connectivity index (χ1v) is 10.9. The van der Waals surface area contributed by atoms with E-state index in [1.807, 2.05) is 48.5 Å². The molecule has 0 unspecified atom stereocenters. The van der Waals surface area contributed by atoms with Gasteiger partial charge < -0.3 is 15.2 Å². The second kappa shape index (κ2) is 10.0. The van der Waals surface area contributed by atoms with Crippen LogP contribution in [0.5, 0.6) is 5.75 Å². The molecule has 0 fully saturated rings. The number of hydrogen-bond acceptors (Lipinski definition) is 4. The van der Waals surface area contributed by atoms with Crippen molar-refractivity contribution in [1.29, 1.82) is 0 Å². The molecule has 0 saturated heterocycles. The Bertz CT molecular complexity index is 1290. The van der Waals surface area contributed by atoms with E-state index in [1.54, 1.807) is 35.4 Å². The van der Waals surface area contributed by atoms with Crippen molar-refractivity contribution >= 4 is 11.0 Å². The Kier molecular flexibility index (Phi) is 6.91. The maximum atomic E-state index is 13.7. The van der Waals surface area contributed by atoms with Crippen molar-refractivity contribution < 1.29 is 14.2 Å². The van der Waals surface area contributed by atoms with Crippen molar-refractivity contribution in [2.45, 2.75) is 19.1 Å². The summed E-state index contributed by atoms with van der Waals surface area (Å²) in [6.45, 7) is 1.46. The van der Waals surface area contributed by atoms with Gasteiger partial charge in [-0.05, 0) is 60.0 Å². The third-order valence-corrected chi connectivity index (χ3v) is 5.87. The molecule has 6 nitrogen and oxygen atoms in total. The fraction of sp³-hybridized carbons (Fsp3) is 0.269. The van der Waals surface area contributed by atoms with E-state index in [2.05, 4.69) is 5.32 Å². The largest absolute Gasteiger partial charge is 0.491 e. The lowest BCUT2D eigenvalue weighted by Crippen LogP contribution is -2.19. The zero-order valence-electron chi connectivity index (χ0n) is 18.8. The number of fused-ring (bicyclic) bond motifs is 1. The van der Waals surface area contributed by atoms with Gasteiger partial charge in [-0.15, -0.1) is 0 Å². The summed E-state index contributed by atoms with van der Waals surface area (Å²) in [7, 11) is 3.44. The summed E-state index contributed by atoms with van der Waals surface area (Å²) in [5.41, 5.74) is 3.98. The highest BCUT2D eigenvalue weighted by Gasteiger charge is 2.13. The summed E-state index contributed by atoms with van der Waals surface area (Å²) in [5, 5.41) is 13.9. The van der Waals surface area contributed by atoms with Crippen LogP contribution in [0.4, 0.5) is 4.39 Å². The van der Waals surface area contributed by atoms with Crippen molar-refractivity contribution in [2.24, 2.45) is 14.1 Å². The van der Waals surface area contributed by atoms with Crippen molar-refractivity contribution in [3.63, 3.8) is 0 Å². The van der Waals surface area contributed by atoms with Gasteiger partial charge >= 0.3 is 5.69 Å². The van der Waals surface area contributed by atoms with Crippen LogP contribution in [0.15, 0.2) is 71.5 Å². The molecule has 0 aliphatic rings. The zero-order valence-corrected chi connectivity index (χ0v) is 18.8. The van der Waals surface area contributed by atoms with Crippen molar-refractivity contribution in [1.82, 2.24) is 14.5 Å². The molecule has 0 aliphatic carbocycles. The van der Waals surface area contributed by atoms with Gasteiger partial charge in [-0.25, -0.2) is 9.18 Å². The zero-order chi connectivity index (χ0) is 23.4. The van der Waals surface area contributed by atoms with Gasteiger partial charge in [0, 0.05) is 20.6 Å². The third kappa shape index (κ3) is 5.16. The molecular weight excluding hydrogens is 421 g/mol. The van der Waals surface area contributed by atoms with Crippen LogP contribution in [0.25, 0.3) is 11.0 Å². The number of aliphatic hydroxyl groups is 1. The molecule has 3 aromatic carbocycles. The van der Waals surface area contributed by atoms with E-state index in [-0.39, 0.29) is 18.1 Å². The molecule has 2 N–H and O–H groups in total. The van der Waals surface area contributed by atoms with Crippen LogP contribution >= 0.6 is 0 Å². The average Bonchev–Trinajstić information content (AvgIpc) is 3.05. The average molecular weight is 450 g/mol. The Morgan fingerprint density at radius 3 is 2.48 bits per heavy atom. The molecule has 33 heavy (non-hydrogen) atoms. The van der Waals surface area contributed by atoms with Gasteiger partial charge in [0.15, 0.2) is 0 Å². The van der Waals surface area contributed by atoms with Crippen LogP contribution in [0, 0.1) is 5.82 Å². The Morgan fingerprint density at radius 1 is 1.00 bits per heavy atom. The van der Waals surface area contributed by atoms with Crippen molar-refractivity contribution in [2.75, 3.05) is 13.2 Å². The Hall–Kier alpha value is -3.42. The van der Waals surface area contributed by atoms with Crippen LogP contribution in [-0.4, -0.2) is 27.4 Å². The maximum absolute atomic E-state index is 13.7. The first kappa shape index (κ1) is 22.8. The number of ether oxygens (including phenoxy) is 1. The van der Waals surface area contributed by atoms with Crippen molar-refractivity contribution in [3.05, 3.63) is 99.7 Å². The molecule has 0 radical (unpaired) electrons. The quantitative estimate of drug-likeness (QED) is 0.384. The predicted octanol–water partition coefficient (Wildman–Crippen LogP) is 3.46. The standard InChI is InChI=1S/C26H28FN3O3/c1-29-23-12-9-20(15-24(23)30(2)26(29)32)25(31)17-33-21-10-7-18(8-11-21)16-28-14-13-19-5-3-4-6-22(19)27/h3-12,15,25,28,31H,13-14,16-17H2,1-2H3/t25-/m1/s1. The molecule has 172 valence electrons. The van der Waals surface area contributed by atoms with Crippen LogP contribution in [0.3, 0.4) is 0 Å². The summed E-state index contributed by atoms with van der Waals surface area (Å²) in [6.07, 6.45) is -0.182. The number of hydrogen-bond donors (Lipinski definition) is 2. The first-order valence-electron chi connectivity index (χ1n) is 10.9. The first-order chi connectivity index (χ1) is 15.9. The molecule has 7 heteroatoms. The molecule has 1 heterocycles. The minimum Gasteiger partial charge on any atom is -0.491 e. The van der Waals surface area contributed by atoms with E-state index in [9.17, 15) is 14.3 Å². The highest BCUT2D eigenvalue weighted by atomic mass is 19.1. The summed E-state index contributed by atoms with van der Waals surface area (Å²) in [5.74, 6) is 0.494. The lowest BCUT2D eigenvalue weighted by Gasteiger charge is -2.14. The lowest BCUT2D eigenvalue weighted by molar-refractivity contribution is 0.108. The van der Waals surface area contributed by atoms with E-state index in [0.717, 1.165) is 16.6 Å². The van der Waals surface area contributed by atoms with E-state index >= 15 is 0 Å². The number of aromatic nitrogens is 2. The Labute approximate surface area is 191 Å². The second-order valence-electron chi connectivity index (χ2n) is 8.14. The van der Waals surface area contributed by atoms with E-state index < -0.39 is 6.10 Å². The van der Waals surface area contributed by atoms with Crippen LogP contribution in [-0.2, 0) is 27.1 Å². The fourth-order valence-electron chi connectivity index (χ4n) is 3.86. The predicted molar refractivity (Wildman–Crippen MR) is 127 cm³/mol. The normalized spacial score (nSPS) is 12.2. The van der Waals surface area contributed by atoms with E-state index in [4.69, 9.17) is 4.74 Å². The third-order valence-electron chi connectivity index (χ3n) is 5.87. The number of imidazole rings is 1. The van der Waals surface area contributed by atoms with Gasteiger partial charge in [0.1, 0.15) is 24.3 Å². The molecule has 0 spiro atoms. The molecule has 1 aromatic heterocycles. The minimum absolute atomic E-state index is 0.102. The summed E-state index contributed by atoms with van der Waals surface area (Å²) < 4.78 is 22.6. The molecule has 0 amide bonds. The summed E-state index contributed by atoms with van der Waals surface area (Å²) in [6, 6.07) is 19.9. The number of rotatable bonds is 9. The maximum Gasteiger partial charge on any atom is 0.328 e. The smallest absolute Gasteiger partial charge is 0.328 e. The number of aryl methyl sites for hydroxylation is 2. The fourth-order valence-corrected chi connectivity index (χ4v) is 3.86. The Balaban J connectivity index is 1.27. The summed E-state index contributed by atoms with van der Waals surface area (Å²) in [4.78, 5) is 12.1. The van der Waals surface area contributed by atoms with Gasteiger partial charge in [0.2, 0.25) is 0 Å². The molecule has 0 bridgehead atoms. The molecule has 1 atom stereocenters. The number of nitrogens with one attached hydrogen (secondary N) is 1. The molecule has 0 aliphatic heterocycles. The number of halogens is 1. The lowest BCUT2D eigenvalue weighted by atomic mass is 10.1. The number of aliphatic hydroxyl groups excluding tert-OH is 1. The van der Waals surface area contributed by atoms with Gasteiger partial charge in [-0.2, -0.15) is 0 Å². The van der Waals surface area contributed by atoms with Gasteiger partial charge in [0.25, 0.3) is 0 Å². The number of nitrogens with zero attached hydrogens (tertiary/aromatic N) is 2. The van der Waals surface area contributed by atoms with Crippen LogP contribution in [0.2, 0.25) is 0 Å². The highest BCUT2D eigenvalue weighted by molar-refractivity contribution is 5.77. The SMILES string of the molecule is Cn1c(=O)n(C)c2cc([C@H](O)COc3ccc(CNCCc4ccccc4F)cc3)ccc21. The van der Waals surface area contributed by atoms with Gasteiger partial charge in [-0.3, -0.25) is 9.13 Å². The number of benzene rings is 3. The minimum atomic E-state index is -0.815. The second-order valence-corrected chi connectivity index (χ2v) is 8.14. The molecule has 0 saturated carbocycles. The topological polar surface area (TPSA) is 68.4 Å². The Morgan fingerprint density at radius 2 is 1.73 bits per heavy atom. The van der Waals surface area contributed by atoms with Crippen LogP contribution in [0.1, 0.15) is 22.8 Å². The molecule has 4 rings (SSSR count). The van der Waals surface area contributed by atoms with Crippen molar-refractivity contribution in [3.8, 4) is 5.75 Å². The monoisotopic (exact) mass is 449 g/mol. The van der Waals surface area contributed by atoms with E-state index in [1.165, 1.54) is 6.07 Å². The molecular formula is C26H28FN3O3. The summed E-state index contributed by atoms with van der Waals surface area (Å²) >= 11 is 0. The van der Waals surface area contributed by atoms with Gasteiger partial charge in [0.05, 0.1) is 11.0 Å². The molecule has 4 aromatic rings. The van der Waals surface area contributed by atoms with Crippen LogP contribution < -0.4 is 15.7 Å².